The van der Waals surface area contributed by atoms with Gasteiger partial charge < -0.3 is 14.3 Å². The summed E-state index contributed by atoms with van der Waals surface area (Å²) in [4.78, 5) is 17.5. The number of aromatic amines is 1. The van der Waals surface area contributed by atoms with Crippen LogP contribution in [0.15, 0.2) is 83.1 Å². The number of nitrogens with zero attached hydrogens (tertiary/aromatic N) is 1. The Bertz CT molecular complexity index is 1300. The van der Waals surface area contributed by atoms with Crippen LogP contribution in [0.25, 0.3) is 21.8 Å². The van der Waals surface area contributed by atoms with E-state index in [1.165, 1.54) is 0 Å². The first-order valence-corrected chi connectivity index (χ1v) is 10.0. The molecule has 0 aliphatic heterocycles. The van der Waals surface area contributed by atoms with E-state index in [0.717, 1.165) is 32.5 Å². The molecule has 0 radical (unpaired) electrons. The standard InChI is InChI=1S/C23H18N2O2S/c26-23-22-18(11-12-25(23)14-17-8-5-13-28-17)21-19(24-22)9-4-10-20(21)27-15-16-6-2-1-3-7-16/h1-13,24H,14-15H2. The maximum absolute atomic E-state index is 13.0. The predicted octanol–water partition coefficient (Wildman–Crippen LogP) is 5.17. The van der Waals surface area contributed by atoms with Gasteiger partial charge in [0.2, 0.25) is 0 Å². The van der Waals surface area contributed by atoms with Gasteiger partial charge in [-0.1, -0.05) is 42.5 Å². The lowest BCUT2D eigenvalue weighted by molar-refractivity contribution is 0.310. The molecule has 0 saturated carbocycles. The zero-order valence-electron chi connectivity index (χ0n) is 15.1. The van der Waals surface area contributed by atoms with Crippen molar-refractivity contribution in [2.24, 2.45) is 0 Å². The first kappa shape index (κ1) is 16.8. The third-order valence-corrected chi connectivity index (χ3v) is 5.73. The summed E-state index contributed by atoms with van der Waals surface area (Å²) in [7, 11) is 0. The van der Waals surface area contributed by atoms with Crippen LogP contribution in [0.1, 0.15) is 10.4 Å². The summed E-state index contributed by atoms with van der Waals surface area (Å²) in [6.07, 6.45) is 1.87. The fourth-order valence-corrected chi connectivity index (χ4v) is 4.20. The van der Waals surface area contributed by atoms with Crippen LogP contribution in [0.4, 0.5) is 0 Å². The Labute approximate surface area is 165 Å². The van der Waals surface area contributed by atoms with E-state index < -0.39 is 0 Å². The van der Waals surface area contributed by atoms with Gasteiger partial charge in [0.25, 0.3) is 5.56 Å². The molecule has 5 aromatic rings. The van der Waals surface area contributed by atoms with E-state index >= 15 is 0 Å². The van der Waals surface area contributed by atoms with Crippen molar-refractivity contribution < 1.29 is 4.74 Å². The van der Waals surface area contributed by atoms with Crippen molar-refractivity contribution in [2.45, 2.75) is 13.2 Å². The number of aromatic nitrogens is 2. The molecule has 28 heavy (non-hydrogen) atoms. The second-order valence-corrected chi connectivity index (χ2v) is 7.73. The normalized spacial score (nSPS) is 11.3. The van der Waals surface area contributed by atoms with Crippen LogP contribution in [0.3, 0.4) is 0 Å². The number of benzene rings is 2. The summed E-state index contributed by atoms with van der Waals surface area (Å²) in [5, 5.41) is 3.87. The van der Waals surface area contributed by atoms with Crippen LogP contribution in [0.2, 0.25) is 0 Å². The summed E-state index contributed by atoms with van der Waals surface area (Å²) in [6, 6.07) is 22.0. The summed E-state index contributed by atoms with van der Waals surface area (Å²) < 4.78 is 7.84. The number of hydrogen-bond donors (Lipinski definition) is 1. The van der Waals surface area contributed by atoms with E-state index in [4.69, 9.17) is 4.74 Å². The van der Waals surface area contributed by atoms with Gasteiger partial charge in [0.1, 0.15) is 17.9 Å². The van der Waals surface area contributed by atoms with E-state index in [-0.39, 0.29) is 5.56 Å². The highest BCUT2D eigenvalue weighted by Crippen LogP contribution is 2.32. The Hall–Kier alpha value is -3.31. The smallest absolute Gasteiger partial charge is 0.275 e. The molecule has 0 spiro atoms. The zero-order valence-corrected chi connectivity index (χ0v) is 15.9. The van der Waals surface area contributed by atoms with Gasteiger partial charge in [0.15, 0.2) is 0 Å². The van der Waals surface area contributed by atoms with Gasteiger partial charge in [-0.15, -0.1) is 11.3 Å². The minimum absolute atomic E-state index is 0.0175. The fourth-order valence-electron chi connectivity index (χ4n) is 3.50. The number of hydrogen-bond acceptors (Lipinski definition) is 3. The summed E-state index contributed by atoms with van der Waals surface area (Å²) >= 11 is 1.65. The van der Waals surface area contributed by atoms with Gasteiger partial charge in [-0.25, -0.2) is 0 Å². The van der Waals surface area contributed by atoms with E-state index in [1.54, 1.807) is 15.9 Å². The maximum Gasteiger partial charge on any atom is 0.275 e. The summed E-state index contributed by atoms with van der Waals surface area (Å²) in [6.45, 7) is 1.07. The highest BCUT2D eigenvalue weighted by atomic mass is 32.1. The van der Waals surface area contributed by atoms with E-state index in [2.05, 4.69) is 4.98 Å². The van der Waals surface area contributed by atoms with Crippen LogP contribution in [0, 0.1) is 0 Å². The van der Waals surface area contributed by atoms with Crippen LogP contribution >= 0.6 is 11.3 Å². The molecular formula is C23H18N2O2S. The molecule has 138 valence electrons. The Morgan fingerprint density at radius 1 is 0.964 bits per heavy atom. The fraction of sp³-hybridized carbons (Fsp3) is 0.0870. The Morgan fingerprint density at radius 3 is 2.68 bits per heavy atom. The van der Waals surface area contributed by atoms with Crippen molar-refractivity contribution in [1.29, 1.82) is 0 Å². The van der Waals surface area contributed by atoms with Crippen molar-refractivity contribution in [1.82, 2.24) is 9.55 Å². The molecule has 0 atom stereocenters. The van der Waals surface area contributed by atoms with Crippen molar-refractivity contribution in [3.63, 3.8) is 0 Å². The van der Waals surface area contributed by atoms with Gasteiger partial charge in [0.05, 0.1) is 12.1 Å². The lowest BCUT2D eigenvalue weighted by Crippen LogP contribution is -2.19. The minimum Gasteiger partial charge on any atom is -0.488 e. The molecule has 5 rings (SSSR count). The van der Waals surface area contributed by atoms with Crippen molar-refractivity contribution >= 4 is 33.1 Å². The minimum atomic E-state index is -0.0175. The second kappa shape index (κ2) is 7.02. The van der Waals surface area contributed by atoms with Crippen LogP contribution in [-0.2, 0) is 13.2 Å². The molecule has 3 heterocycles. The number of thiophene rings is 1. The van der Waals surface area contributed by atoms with Gasteiger partial charge in [-0.05, 0) is 35.2 Å². The van der Waals surface area contributed by atoms with Crippen molar-refractivity contribution in [3.05, 3.63) is 99.1 Å². The maximum atomic E-state index is 13.0. The molecule has 0 unspecified atom stereocenters. The highest BCUT2D eigenvalue weighted by molar-refractivity contribution is 7.09. The molecular weight excluding hydrogens is 368 g/mol. The molecule has 0 aliphatic rings. The molecule has 5 heteroatoms. The molecule has 0 fully saturated rings. The molecule has 0 amide bonds. The molecule has 0 bridgehead atoms. The predicted molar refractivity (Wildman–Crippen MR) is 114 cm³/mol. The molecule has 4 nitrogen and oxygen atoms in total. The van der Waals surface area contributed by atoms with E-state index in [1.807, 2.05) is 78.3 Å². The highest BCUT2D eigenvalue weighted by Gasteiger charge is 2.14. The Morgan fingerprint density at radius 2 is 1.86 bits per heavy atom. The number of ether oxygens (including phenoxy) is 1. The van der Waals surface area contributed by atoms with Crippen molar-refractivity contribution in [3.8, 4) is 5.75 Å². The third kappa shape index (κ3) is 3.00. The van der Waals surface area contributed by atoms with Gasteiger partial charge in [-0.3, -0.25) is 4.79 Å². The largest absolute Gasteiger partial charge is 0.488 e. The summed E-state index contributed by atoms with van der Waals surface area (Å²) in [5.74, 6) is 0.781. The second-order valence-electron chi connectivity index (χ2n) is 6.69. The van der Waals surface area contributed by atoms with Crippen LogP contribution < -0.4 is 10.3 Å². The first-order valence-electron chi connectivity index (χ1n) is 9.12. The first-order chi connectivity index (χ1) is 13.8. The molecule has 1 N–H and O–H groups in total. The van der Waals surface area contributed by atoms with Crippen LogP contribution in [0.5, 0.6) is 5.75 Å². The number of pyridine rings is 1. The lowest BCUT2D eigenvalue weighted by atomic mass is 10.1. The molecule has 0 saturated heterocycles. The number of H-pyrrole nitrogens is 1. The average Bonchev–Trinajstić information content (AvgIpc) is 3.37. The zero-order chi connectivity index (χ0) is 18.9. The Kier molecular flexibility index (Phi) is 4.22. The average molecular weight is 386 g/mol. The number of fused-ring (bicyclic) bond motifs is 3. The van der Waals surface area contributed by atoms with Gasteiger partial charge in [0, 0.05) is 21.8 Å². The lowest BCUT2D eigenvalue weighted by Gasteiger charge is -2.08. The topological polar surface area (TPSA) is 47.0 Å². The summed E-state index contributed by atoms with van der Waals surface area (Å²) in [5.41, 5.74) is 2.62. The number of rotatable bonds is 5. The quantitative estimate of drug-likeness (QED) is 0.453. The third-order valence-electron chi connectivity index (χ3n) is 4.86. The molecule has 3 aromatic heterocycles. The van der Waals surface area contributed by atoms with Gasteiger partial charge in [-0.2, -0.15) is 0 Å². The van der Waals surface area contributed by atoms with Crippen molar-refractivity contribution in [2.75, 3.05) is 0 Å². The SMILES string of the molecule is O=c1c2[nH]c3cccc(OCc4ccccc4)c3c2ccn1Cc1cccs1. The molecule has 0 aliphatic carbocycles. The van der Waals surface area contributed by atoms with Crippen LogP contribution in [-0.4, -0.2) is 9.55 Å². The Balaban J connectivity index is 1.56. The number of nitrogens with one attached hydrogen (secondary N) is 1. The van der Waals surface area contributed by atoms with E-state index in [0.29, 0.717) is 18.7 Å². The molecule has 2 aromatic carbocycles. The van der Waals surface area contributed by atoms with E-state index in [9.17, 15) is 4.79 Å². The monoisotopic (exact) mass is 386 g/mol. The van der Waals surface area contributed by atoms with Gasteiger partial charge >= 0.3 is 0 Å².